The summed E-state index contributed by atoms with van der Waals surface area (Å²) in [5.74, 6) is 0.267. The lowest BCUT2D eigenvalue weighted by Gasteiger charge is -2.07. The molecule has 0 unspecified atom stereocenters. The van der Waals surface area contributed by atoms with E-state index in [2.05, 4.69) is 10.3 Å². The largest absolute Gasteiger partial charge is 0.489 e. The summed E-state index contributed by atoms with van der Waals surface area (Å²) >= 11 is 1.43. The van der Waals surface area contributed by atoms with Gasteiger partial charge in [0.05, 0.1) is 0 Å². The van der Waals surface area contributed by atoms with Gasteiger partial charge in [0.25, 0.3) is 5.91 Å². The highest BCUT2D eigenvalue weighted by atomic mass is 32.1. The fraction of sp³-hybridized carbons (Fsp3) is 0.200. The van der Waals surface area contributed by atoms with Gasteiger partial charge in [-0.3, -0.25) is 4.79 Å². The minimum absolute atomic E-state index is 0.149. The van der Waals surface area contributed by atoms with Crippen molar-refractivity contribution in [2.75, 3.05) is 6.54 Å². The number of carbonyl (C=O) groups excluding carboxylic acids is 1. The first-order valence-electron chi connectivity index (χ1n) is 8.37. The predicted octanol–water partition coefficient (Wildman–Crippen LogP) is 4.67. The number of amides is 1. The molecule has 4 nitrogen and oxygen atoms in total. The van der Waals surface area contributed by atoms with E-state index in [1.54, 1.807) is 11.4 Å². The summed E-state index contributed by atoms with van der Waals surface area (Å²) in [6, 6.07) is 13.8. The van der Waals surface area contributed by atoms with Crippen molar-refractivity contribution < 1.29 is 13.9 Å². The summed E-state index contributed by atoms with van der Waals surface area (Å²) in [4.78, 5) is 16.3. The molecule has 3 rings (SSSR count). The standard InChI is InChI=1S/C20H19FN2O2S/c1-2-10-22-19(24)18-13-26-20(23-18)15-6-8-17(9-7-15)25-12-14-4-3-5-16(21)11-14/h3-9,11,13H,2,10,12H2,1H3,(H,22,24). The second kappa shape index (κ2) is 8.58. The molecule has 0 atom stereocenters. The number of nitrogens with zero attached hydrogens (tertiary/aromatic N) is 1. The van der Waals surface area contributed by atoms with Crippen LogP contribution in [0.15, 0.2) is 53.9 Å². The number of benzene rings is 2. The van der Waals surface area contributed by atoms with Crippen LogP contribution in [-0.4, -0.2) is 17.4 Å². The Labute approximate surface area is 155 Å². The molecule has 0 bridgehead atoms. The number of thiazole rings is 1. The monoisotopic (exact) mass is 370 g/mol. The Morgan fingerprint density at radius 2 is 2.04 bits per heavy atom. The van der Waals surface area contributed by atoms with Gasteiger partial charge in [-0.15, -0.1) is 11.3 Å². The zero-order valence-corrected chi connectivity index (χ0v) is 15.2. The molecular formula is C20H19FN2O2S. The summed E-state index contributed by atoms with van der Waals surface area (Å²) in [6.45, 7) is 2.95. The zero-order chi connectivity index (χ0) is 18.4. The third kappa shape index (κ3) is 4.67. The van der Waals surface area contributed by atoms with Crippen LogP contribution in [0.2, 0.25) is 0 Å². The van der Waals surface area contributed by atoms with Gasteiger partial charge < -0.3 is 10.1 Å². The molecule has 1 aromatic heterocycles. The summed E-state index contributed by atoms with van der Waals surface area (Å²) < 4.78 is 18.8. The second-order valence-corrected chi connectivity index (χ2v) is 6.59. The van der Waals surface area contributed by atoms with E-state index in [1.807, 2.05) is 37.3 Å². The lowest BCUT2D eigenvalue weighted by molar-refractivity contribution is 0.0949. The lowest BCUT2D eigenvalue weighted by atomic mass is 10.2. The van der Waals surface area contributed by atoms with Crippen LogP contribution in [-0.2, 0) is 6.61 Å². The maximum atomic E-state index is 13.2. The number of hydrogen-bond acceptors (Lipinski definition) is 4. The molecule has 0 fully saturated rings. The molecule has 0 radical (unpaired) electrons. The highest BCUT2D eigenvalue weighted by molar-refractivity contribution is 7.13. The molecule has 2 aromatic carbocycles. The van der Waals surface area contributed by atoms with E-state index >= 15 is 0 Å². The van der Waals surface area contributed by atoms with Gasteiger partial charge in [-0.2, -0.15) is 0 Å². The number of rotatable bonds is 7. The predicted molar refractivity (Wildman–Crippen MR) is 101 cm³/mol. The Morgan fingerprint density at radius 1 is 1.23 bits per heavy atom. The molecule has 0 aliphatic carbocycles. The van der Waals surface area contributed by atoms with Crippen molar-refractivity contribution in [3.05, 3.63) is 71.0 Å². The second-order valence-electron chi connectivity index (χ2n) is 5.74. The number of hydrogen-bond donors (Lipinski definition) is 1. The fourth-order valence-corrected chi connectivity index (χ4v) is 3.13. The molecule has 134 valence electrons. The first-order valence-corrected chi connectivity index (χ1v) is 9.25. The Hall–Kier alpha value is -2.73. The molecule has 6 heteroatoms. The zero-order valence-electron chi connectivity index (χ0n) is 14.4. The lowest BCUT2D eigenvalue weighted by Crippen LogP contribution is -2.24. The molecule has 0 saturated carbocycles. The van der Waals surface area contributed by atoms with Gasteiger partial charge in [0.1, 0.15) is 28.9 Å². The minimum Gasteiger partial charge on any atom is -0.489 e. The topological polar surface area (TPSA) is 51.2 Å². The van der Waals surface area contributed by atoms with Crippen molar-refractivity contribution in [3.63, 3.8) is 0 Å². The average molecular weight is 370 g/mol. The van der Waals surface area contributed by atoms with E-state index in [0.29, 0.717) is 24.6 Å². The molecule has 0 aliphatic rings. The first kappa shape index (κ1) is 18.1. The maximum absolute atomic E-state index is 13.2. The smallest absolute Gasteiger partial charge is 0.270 e. The highest BCUT2D eigenvalue weighted by Crippen LogP contribution is 2.26. The quantitative estimate of drug-likeness (QED) is 0.658. The van der Waals surface area contributed by atoms with Crippen LogP contribution < -0.4 is 10.1 Å². The van der Waals surface area contributed by atoms with E-state index in [1.165, 1.54) is 23.5 Å². The van der Waals surface area contributed by atoms with Gasteiger partial charge in [0.15, 0.2) is 0 Å². The van der Waals surface area contributed by atoms with E-state index in [0.717, 1.165) is 22.6 Å². The third-order valence-corrected chi connectivity index (χ3v) is 4.56. The summed E-state index contributed by atoms with van der Waals surface area (Å²) in [5, 5.41) is 5.36. The van der Waals surface area contributed by atoms with E-state index in [-0.39, 0.29) is 11.7 Å². The van der Waals surface area contributed by atoms with Gasteiger partial charge in [-0.05, 0) is 48.4 Å². The van der Waals surface area contributed by atoms with E-state index in [4.69, 9.17) is 4.74 Å². The van der Waals surface area contributed by atoms with Crippen molar-refractivity contribution in [1.82, 2.24) is 10.3 Å². The van der Waals surface area contributed by atoms with Gasteiger partial charge in [-0.1, -0.05) is 19.1 Å². The SMILES string of the molecule is CCCNC(=O)c1csc(-c2ccc(OCc3cccc(F)c3)cc2)n1. The Morgan fingerprint density at radius 3 is 2.77 bits per heavy atom. The number of nitrogens with one attached hydrogen (secondary N) is 1. The summed E-state index contributed by atoms with van der Waals surface area (Å²) in [5.41, 5.74) is 2.13. The van der Waals surface area contributed by atoms with Crippen molar-refractivity contribution in [1.29, 1.82) is 0 Å². The number of aromatic nitrogens is 1. The first-order chi connectivity index (χ1) is 12.7. The van der Waals surface area contributed by atoms with E-state index in [9.17, 15) is 9.18 Å². The maximum Gasteiger partial charge on any atom is 0.270 e. The van der Waals surface area contributed by atoms with Crippen molar-refractivity contribution >= 4 is 17.2 Å². The van der Waals surface area contributed by atoms with Crippen LogP contribution in [0.5, 0.6) is 5.75 Å². The van der Waals surface area contributed by atoms with Crippen LogP contribution in [0.25, 0.3) is 10.6 Å². The van der Waals surface area contributed by atoms with Gasteiger partial charge in [-0.25, -0.2) is 9.37 Å². The van der Waals surface area contributed by atoms with Crippen molar-refractivity contribution in [2.24, 2.45) is 0 Å². The molecule has 3 aromatic rings. The third-order valence-electron chi connectivity index (χ3n) is 3.67. The van der Waals surface area contributed by atoms with Crippen molar-refractivity contribution in [2.45, 2.75) is 20.0 Å². The van der Waals surface area contributed by atoms with Crippen LogP contribution in [0.3, 0.4) is 0 Å². The van der Waals surface area contributed by atoms with Crippen LogP contribution >= 0.6 is 11.3 Å². The Kier molecular flexibility index (Phi) is 5.96. The van der Waals surface area contributed by atoms with Crippen LogP contribution in [0, 0.1) is 5.82 Å². The molecule has 1 heterocycles. The normalized spacial score (nSPS) is 10.5. The summed E-state index contributed by atoms with van der Waals surface area (Å²) in [6.07, 6.45) is 0.889. The van der Waals surface area contributed by atoms with Gasteiger partial charge in [0, 0.05) is 17.5 Å². The molecule has 0 aliphatic heterocycles. The Balaban J connectivity index is 1.62. The number of halogens is 1. The average Bonchev–Trinajstić information content (AvgIpc) is 3.15. The molecule has 0 saturated heterocycles. The van der Waals surface area contributed by atoms with Crippen molar-refractivity contribution in [3.8, 4) is 16.3 Å². The van der Waals surface area contributed by atoms with Gasteiger partial charge in [0.2, 0.25) is 0 Å². The Bertz CT molecular complexity index is 878. The number of ether oxygens (including phenoxy) is 1. The van der Waals surface area contributed by atoms with Gasteiger partial charge >= 0.3 is 0 Å². The molecule has 0 spiro atoms. The molecule has 1 N–H and O–H groups in total. The van der Waals surface area contributed by atoms with E-state index < -0.39 is 0 Å². The van der Waals surface area contributed by atoms with Crippen LogP contribution in [0.1, 0.15) is 29.4 Å². The highest BCUT2D eigenvalue weighted by Gasteiger charge is 2.11. The molecule has 1 amide bonds. The number of carbonyl (C=O) groups is 1. The van der Waals surface area contributed by atoms with Crippen LogP contribution in [0.4, 0.5) is 4.39 Å². The summed E-state index contributed by atoms with van der Waals surface area (Å²) in [7, 11) is 0. The molecular weight excluding hydrogens is 351 g/mol. The molecule has 26 heavy (non-hydrogen) atoms. The fourth-order valence-electron chi connectivity index (χ4n) is 2.33. The minimum atomic E-state index is -0.274.